The highest BCUT2D eigenvalue weighted by atomic mass is 32.2. The van der Waals surface area contributed by atoms with Gasteiger partial charge in [-0.2, -0.15) is 11.8 Å². The van der Waals surface area contributed by atoms with Crippen LogP contribution in [-0.2, 0) is 4.79 Å². The van der Waals surface area contributed by atoms with Gasteiger partial charge in [0.2, 0.25) is 0 Å². The maximum atomic E-state index is 10.7. The molecule has 0 rings (SSSR count). The van der Waals surface area contributed by atoms with Crippen LogP contribution >= 0.6 is 11.8 Å². The zero-order valence-electron chi connectivity index (χ0n) is 8.54. The van der Waals surface area contributed by atoms with Gasteiger partial charge >= 0.3 is 5.97 Å². The molecule has 0 aromatic rings. The minimum Gasteiger partial charge on any atom is -0.480 e. The normalized spacial score (nSPS) is 17.8. The maximum Gasteiger partial charge on any atom is 0.321 e. The summed E-state index contributed by atoms with van der Waals surface area (Å²) in [7, 11) is 0. The number of hydrogen-bond acceptors (Lipinski definition) is 3. The van der Waals surface area contributed by atoms with E-state index in [-0.39, 0.29) is 4.75 Å². The van der Waals surface area contributed by atoms with Crippen LogP contribution < -0.4 is 5.73 Å². The maximum absolute atomic E-state index is 10.7. The van der Waals surface area contributed by atoms with Crippen molar-refractivity contribution in [2.45, 2.75) is 44.4 Å². The number of carbonyl (C=O) groups is 1. The quantitative estimate of drug-likeness (QED) is 0.693. The summed E-state index contributed by atoms with van der Waals surface area (Å²) < 4.78 is -0.332. The monoisotopic (exact) mass is 205 g/mol. The van der Waals surface area contributed by atoms with Gasteiger partial charge in [0.05, 0.1) is 0 Å². The molecule has 0 heterocycles. The third kappa shape index (κ3) is 3.56. The van der Waals surface area contributed by atoms with Crippen LogP contribution in [0.3, 0.4) is 0 Å². The molecule has 0 aliphatic heterocycles. The first-order valence-electron chi connectivity index (χ1n) is 4.60. The van der Waals surface area contributed by atoms with Crippen molar-refractivity contribution in [2.24, 2.45) is 5.73 Å². The lowest BCUT2D eigenvalue weighted by molar-refractivity contribution is -0.139. The summed E-state index contributed by atoms with van der Waals surface area (Å²) in [6.07, 6.45) is 1.83. The molecule has 0 spiro atoms. The molecule has 0 aliphatic rings. The lowest BCUT2D eigenvalue weighted by atomic mass is 9.99. The lowest BCUT2D eigenvalue weighted by Gasteiger charge is -2.31. The molecule has 0 saturated carbocycles. The number of carboxylic acid groups (broad SMARTS) is 1. The van der Waals surface area contributed by atoms with Crippen LogP contribution in [0.15, 0.2) is 0 Å². The first kappa shape index (κ1) is 12.8. The van der Waals surface area contributed by atoms with Gasteiger partial charge in [-0.3, -0.25) is 4.79 Å². The van der Waals surface area contributed by atoms with Crippen molar-refractivity contribution >= 4 is 17.7 Å². The van der Waals surface area contributed by atoms with Gasteiger partial charge in [-0.05, 0) is 25.5 Å². The van der Waals surface area contributed by atoms with E-state index in [2.05, 4.69) is 6.92 Å². The Hall–Kier alpha value is -0.220. The van der Waals surface area contributed by atoms with E-state index in [0.717, 1.165) is 18.6 Å². The van der Waals surface area contributed by atoms with Gasteiger partial charge in [-0.1, -0.05) is 13.8 Å². The van der Waals surface area contributed by atoms with E-state index in [1.807, 2.05) is 13.8 Å². The molecule has 0 aliphatic carbocycles. The summed E-state index contributed by atoms with van der Waals surface area (Å²) in [4.78, 5) is 10.7. The predicted molar refractivity (Wildman–Crippen MR) is 57.1 cm³/mol. The van der Waals surface area contributed by atoms with Crippen molar-refractivity contribution in [3.05, 3.63) is 0 Å². The molecule has 0 fully saturated rings. The Morgan fingerprint density at radius 1 is 1.62 bits per heavy atom. The summed E-state index contributed by atoms with van der Waals surface area (Å²) in [6.45, 7) is 5.98. The number of hydrogen-bond donors (Lipinski definition) is 2. The van der Waals surface area contributed by atoms with Crippen molar-refractivity contribution < 1.29 is 9.90 Å². The summed E-state index contributed by atoms with van der Waals surface area (Å²) in [6, 6.07) is -0.769. The SMILES string of the molecule is CCCSC(C)(CC)C(N)C(=O)O. The Kier molecular flexibility index (Phi) is 5.40. The van der Waals surface area contributed by atoms with Crippen molar-refractivity contribution in [3.8, 4) is 0 Å². The largest absolute Gasteiger partial charge is 0.480 e. The highest BCUT2D eigenvalue weighted by Crippen LogP contribution is 2.31. The topological polar surface area (TPSA) is 63.3 Å². The highest BCUT2D eigenvalue weighted by Gasteiger charge is 2.34. The Labute approximate surface area is 84.1 Å². The van der Waals surface area contributed by atoms with Gasteiger partial charge in [0.15, 0.2) is 0 Å². The molecular formula is C9H19NO2S. The third-order valence-corrected chi connectivity index (χ3v) is 4.08. The molecule has 13 heavy (non-hydrogen) atoms. The molecular weight excluding hydrogens is 186 g/mol. The summed E-state index contributed by atoms with van der Waals surface area (Å²) in [5.74, 6) is 0.0543. The van der Waals surface area contributed by atoms with Crippen molar-refractivity contribution in [3.63, 3.8) is 0 Å². The second-order valence-corrected chi connectivity index (χ2v) is 4.96. The number of nitrogens with two attached hydrogens (primary N) is 1. The molecule has 0 bridgehead atoms. The van der Waals surface area contributed by atoms with E-state index in [1.54, 1.807) is 11.8 Å². The number of carboxylic acids is 1. The van der Waals surface area contributed by atoms with E-state index < -0.39 is 12.0 Å². The minimum absolute atomic E-state index is 0.332. The number of aliphatic carboxylic acids is 1. The molecule has 3 N–H and O–H groups in total. The van der Waals surface area contributed by atoms with Crippen LogP contribution in [0.2, 0.25) is 0 Å². The predicted octanol–water partition coefficient (Wildman–Crippen LogP) is 1.71. The van der Waals surface area contributed by atoms with Crippen LogP contribution in [0.4, 0.5) is 0 Å². The fourth-order valence-corrected chi connectivity index (χ4v) is 2.16. The van der Waals surface area contributed by atoms with Gasteiger partial charge in [0, 0.05) is 4.75 Å². The molecule has 4 heteroatoms. The number of thioether (sulfide) groups is 1. The average Bonchev–Trinajstić information content (AvgIpc) is 2.12. The van der Waals surface area contributed by atoms with E-state index in [4.69, 9.17) is 10.8 Å². The minimum atomic E-state index is -0.909. The summed E-state index contributed by atoms with van der Waals surface area (Å²) in [5, 5.41) is 8.81. The Morgan fingerprint density at radius 2 is 2.15 bits per heavy atom. The fourth-order valence-electron chi connectivity index (χ4n) is 1.01. The first-order chi connectivity index (χ1) is 5.98. The molecule has 0 aromatic carbocycles. The molecule has 2 unspecified atom stereocenters. The molecule has 0 aromatic heterocycles. The van der Waals surface area contributed by atoms with Gasteiger partial charge in [0.1, 0.15) is 6.04 Å². The Bertz CT molecular complexity index is 175. The van der Waals surface area contributed by atoms with Gasteiger partial charge < -0.3 is 10.8 Å². The van der Waals surface area contributed by atoms with E-state index >= 15 is 0 Å². The smallest absolute Gasteiger partial charge is 0.321 e. The zero-order chi connectivity index (χ0) is 10.5. The van der Waals surface area contributed by atoms with Crippen molar-refractivity contribution in [2.75, 3.05) is 5.75 Å². The van der Waals surface area contributed by atoms with Crippen molar-refractivity contribution in [1.29, 1.82) is 0 Å². The van der Waals surface area contributed by atoms with Gasteiger partial charge in [0.25, 0.3) is 0 Å². The average molecular weight is 205 g/mol. The van der Waals surface area contributed by atoms with Crippen molar-refractivity contribution in [1.82, 2.24) is 0 Å². The molecule has 0 amide bonds. The van der Waals surface area contributed by atoms with Crippen LogP contribution in [-0.4, -0.2) is 27.6 Å². The van der Waals surface area contributed by atoms with Gasteiger partial charge in [-0.25, -0.2) is 0 Å². The zero-order valence-corrected chi connectivity index (χ0v) is 9.36. The molecule has 0 saturated heterocycles. The van der Waals surface area contributed by atoms with Crippen LogP contribution in [0, 0.1) is 0 Å². The van der Waals surface area contributed by atoms with Crippen LogP contribution in [0.1, 0.15) is 33.6 Å². The summed E-state index contributed by atoms with van der Waals surface area (Å²) in [5.41, 5.74) is 5.63. The molecule has 78 valence electrons. The third-order valence-electron chi connectivity index (χ3n) is 2.26. The highest BCUT2D eigenvalue weighted by molar-refractivity contribution is 8.00. The second-order valence-electron chi connectivity index (χ2n) is 3.33. The number of rotatable bonds is 6. The Balaban J connectivity index is 4.33. The molecule has 0 radical (unpaired) electrons. The van der Waals surface area contributed by atoms with Gasteiger partial charge in [-0.15, -0.1) is 0 Å². The first-order valence-corrected chi connectivity index (χ1v) is 5.58. The molecule has 2 atom stereocenters. The second kappa shape index (κ2) is 5.50. The Morgan fingerprint density at radius 3 is 2.46 bits per heavy atom. The van der Waals surface area contributed by atoms with E-state index in [9.17, 15) is 4.79 Å². The molecule has 3 nitrogen and oxygen atoms in total. The fraction of sp³-hybridized carbons (Fsp3) is 0.889. The van der Waals surface area contributed by atoms with E-state index in [0.29, 0.717) is 0 Å². The van der Waals surface area contributed by atoms with E-state index in [1.165, 1.54) is 0 Å². The summed E-state index contributed by atoms with van der Waals surface area (Å²) >= 11 is 1.65. The van der Waals surface area contributed by atoms with Crippen LogP contribution in [0.25, 0.3) is 0 Å². The van der Waals surface area contributed by atoms with Crippen LogP contribution in [0.5, 0.6) is 0 Å². The standard InChI is InChI=1S/C9H19NO2S/c1-4-6-13-9(3,5-2)7(10)8(11)12/h7H,4-6,10H2,1-3H3,(H,11,12). The lowest BCUT2D eigenvalue weighted by Crippen LogP contribution is -2.48.